The molecule has 0 radical (unpaired) electrons. The molecule has 0 saturated carbocycles. The van der Waals surface area contributed by atoms with Gasteiger partial charge in [0.1, 0.15) is 5.01 Å². The van der Waals surface area contributed by atoms with Crippen molar-refractivity contribution in [2.45, 2.75) is 38.7 Å². The molecule has 176 valence electrons. The molecule has 1 aliphatic rings. The van der Waals surface area contributed by atoms with Gasteiger partial charge in [-0.05, 0) is 55.7 Å². The number of nitrogens with zero attached hydrogens (tertiary/aromatic N) is 4. The number of fused-ring (bicyclic) bond motifs is 1. The van der Waals surface area contributed by atoms with Crippen LogP contribution in [0.4, 0.5) is 5.69 Å². The summed E-state index contributed by atoms with van der Waals surface area (Å²) >= 11 is 1.54. The van der Waals surface area contributed by atoms with E-state index in [-0.39, 0.29) is 5.56 Å². The average molecular weight is 477 g/mol. The molecule has 2 aromatic heterocycles. The SMILES string of the molecule is CCCCOC1CCN(c2ccc(-c3nn4cc(-c5ccc(C(=O)O)cc5)nc4s3)cc2)CC1. The van der Waals surface area contributed by atoms with Crippen LogP contribution < -0.4 is 4.90 Å². The molecule has 1 fully saturated rings. The second-order valence-electron chi connectivity index (χ2n) is 8.60. The van der Waals surface area contributed by atoms with Crippen molar-refractivity contribution >= 4 is 28.0 Å². The first-order valence-corrected chi connectivity index (χ1v) is 12.6. The number of hydrogen-bond donors (Lipinski definition) is 1. The highest BCUT2D eigenvalue weighted by atomic mass is 32.1. The third kappa shape index (κ3) is 4.83. The number of benzene rings is 2. The fourth-order valence-electron chi connectivity index (χ4n) is 4.23. The zero-order valence-corrected chi connectivity index (χ0v) is 20.0. The van der Waals surface area contributed by atoms with Gasteiger partial charge in [0.2, 0.25) is 4.96 Å². The van der Waals surface area contributed by atoms with Crippen molar-refractivity contribution in [2.75, 3.05) is 24.6 Å². The summed E-state index contributed by atoms with van der Waals surface area (Å²) in [5.74, 6) is -0.935. The van der Waals surface area contributed by atoms with Crippen molar-refractivity contribution in [3.05, 3.63) is 60.3 Å². The predicted octanol–water partition coefficient (Wildman–Crippen LogP) is 5.61. The molecule has 0 spiro atoms. The lowest BCUT2D eigenvalue weighted by molar-refractivity contribution is 0.0354. The van der Waals surface area contributed by atoms with Crippen LogP contribution in [0, 0.1) is 0 Å². The lowest BCUT2D eigenvalue weighted by Gasteiger charge is -2.33. The molecule has 2 aromatic carbocycles. The number of carbonyl (C=O) groups is 1. The second kappa shape index (κ2) is 9.95. The molecule has 34 heavy (non-hydrogen) atoms. The minimum absolute atomic E-state index is 0.262. The Morgan fingerprint density at radius 2 is 1.79 bits per heavy atom. The zero-order chi connectivity index (χ0) is 23.5. The molecular formula is C26H28N4O3S. The quantitative estimate of drug-likeness (QED) is 0.333. The van der Waals surface area contributed by atoms with Gasteiger partial charge < -0.3 is 14.7 Å². The Morgan fingerprint density at radius 1 is 1.09 bits per heavy atom. The van der Waals surface area contributed by atoms with Gasteiger partial charge in [0.05, 0.1) is 23.6 Å². The molecule has 0 atom stereocenters. The van der Waals surface area contributed by atoms with E-state index in [0.29, 0.717) is 6.10 Å². The monoisotopic (exact) mass is 476 g/mol. The molecule has 8 heteroatoms. The number of carboxylic acid groups (broad SMARTS) is 1. The second-order valence-corrected chi connectivity index (χ2v) is 9.56. The van der Waals surface area contributed by atoms with Crippen molar-refractivity contribution in [3.8, 4) is 21.8 Å². The highest BCUT2D eigenvalue weighted by Gasteiger charge is 2.20. The summed E-state index contributed by atoms with van der Waals surface area (Å²) in [7, 11) is 0. The van der Waals surface area contributed by atoms with E-state index < -0.39 is 5.97 Å². The fraction of sp³-hybridized carbons (Fsp3) is 0.346. The van der Waals surface area contributed by atoms with Gasteiger partial charge in [0.25, 0.3) is 0 Å². The summed E-state index contributed by atoms with van der Waals surface area (Å²) in [5.41, 5.74) is 4.22. The lowest BCUT2D eigenvalue weighted by Crippen LogP contribution is -2.37. The van der Waals surface area contributed by atoms with Gasteiger partial charge in [-0.2, -0.15) is 5.10 Å². The number of hydrogen-bond acceptors (Lipinski definition) is 6. The number of imidazole rings is 1. The number of unbranched alkanes of at least 4 members (excludes halogenated alkanes) is 1. The smallest absolute Gasteiger partial charge is 0.335 e. The van der Waals surface area contributed by atoms with E-state index in [2.05, 4.69) is 41.1 Å². The van der Waals surface area contributed by atoms with Gasteiger partial charge in [-0.1, -0.05) is 36.8 Å². The highest BCUT2D eigenvalue weighted by molar-refractivity contribution is 7.19. The van der Waals surface area contributed by atoms with Crippen LogP contribution in [0.2, 0.25) is 0 Å². The number of carboxylic acids is 1. The van der Waals surface area contributed by atoms with Crippen LogP contribution >= 0.6 is 11.3 Å². The van der Waals surface area contributed by atoms with Gasteiger partial charge in [0.15, 0.2) is 0 Å². The van der Waals surface area contributed by atoms with Gasteiger partial charge in [-0.15, -0.1) is 0 Å². The normalized spacial score (nSPS) is 14.7. The van der Waals surface area contributed by atoms with Gasteiger partial charge >= 0.3 is 5.97 Å². The first kappa shape index (κ1) is 22.6. The van der Waals surface area contributed by atoms with Gasteiger partial charge in [0, 0.05) is 36.5 Å². The van der Waals surface area contributed by atoms with Gasteiger partial charge in [-0.3, -0.25) is 0 Å². The zero-order valence-electron chi connectivity index (χ0n) is 19.2. The van der Waals surface area contributed by atoms with Crippen LogP contribution in [0.25, 0.3) is 26.8 Å². The topological polar surface area (TPSA) is 80.0 Å². The Hall–Kier alpha value is -3.23. The minimum Gasteiger partial charge on any atom is -0.478 e. The first-order chi connectivity index (χ1) is 16.6. The molecule has 0 unspecified atom stereocenters. The summed E-state index contributed by atoms with van der Waals surface area (Å²) in [5, 5.41) is 14.7. The predicted molar refractivity (Wildman–Crippen MR) is 135 cm³/mol. The van der Waals surface area contributed by atoms with Crippen molar-refractivity contribution < 1.29 is 14.6 Å². The van der Waals surface area contributed by atoms with Gasteiger partial charge in [-0.25, -0.2) is 14.3 Å². The van der Waals surface area contributed by atoms with E-state index in [4.69, 9.17) is 14.9 Å². The molecule has 0 bridgehead atoms. The highest BCUT2D eigenvalue weighted by Crippen LogP contribution is 2.30. The van der Waals surface area contributed by atoms with Crippen LogP contribution in [-0.2, 0) is 4.74 Å². The fourth-order valence-corrected chi connectivity index (χ4v) is 5.12. The Balaban J connectivity index is 1.24. The summed E-state index contributed by atoms with van der Waals surface area (Å²) in [4.78, 5) is 19.0. The third-order valence-corrected chi connectivity index (χ3v) is 7.22. The summed E-state index contributed by atoms with van der Waals surface area (Å²) in [6.45, 7) is 5.13. The molecule has 0 aliphatic carbocycles. The lowest BCUT2D eigenvalue weighted by atomic mass is 10.1. The maximum absolute atomic E-state index is 11.1. The Morgan fingerprint density at radius 3 is 2.44 bits per heavy atom. The van der Waals surface area contributed by atoms with Crippen LogP contribution in [0.5, 0.6) is 0 Å². The van der Waals surface area contributed by atoms with E-state index in [1.807, 2.05) is 6.20 Å². The summed E-state index contributed by atoms with van der Waals surface area (Å²) in [6, 6.07) is 15.3. The minimum atomic E-state index is -0.935. The van der Waals surface area contributed by atoms with Crippen LogP contribution in [0.3, 0.4) is 0 Å². The summed E-state index contributed by atoms with van der Waals surface area (Å²) < 4.78 is 7.78. The maximum atomic E-state index is 11.1. The molecule has 1 N–H and O–H groups in total. The van der Waals surface area contributed by atoms with E-state index in [1.54, 1.807) is 40.1 Å². The molecule has 3 heterocycles. The van der Waals surface area contributed by atoms with E-state index >= 15 is 0 Å². The van der Waals surface area contributed by atoms with E-state index in [1.165, 1.54) is 12.1 Å². The van der Waals surface area contributed by atoms with Crippen molar-refractivity contribution in [1.82, 2.24) is 14.6 Å². The molecule has 4 aromatic rings. The Labute approximate surface area is 202 Å². The number of aromatic nitrogens is 3. The van der Waals surface area contributed by atoms with Crippen molar-refractivity contribution in [2.24, 2.45) is 0 Å². The molecular weight excluding hydrogens is 448 g/mol. The standard InChI is InChI=1S/C26H28N4O3S/c1-2-3-16-33-22-12-14-29(15-13-22)21-10-8-19(9-11-21)24-28-30-17-23(27-26(30)34-24)18-4-6-20(7-5-18)25(31)32/h4-11,17,22H,2-3,12-16H2,1H3,(H,31,32). The molecule has 7 nitrogen and oxygen atoms in total. The number of rotatable bonds is 8. The largest absolute Gasteiger partial charge is 0.478 e. The number of aromatic carboxylic acids is 1. The number of piperidine rings is 1. The van der Waals surface area contributed by atoms with E-state index in [9.17, 15) is 4.79 Å². The van der Waals surface area contributed by atoms with Crippen LogP contribution in [0.15, 0.2) is 54.7 Å². The Bertz CT molecular complexity index is 1220. The molecule has 0 amide bonds. The molecule has 5 rings (SSSR count). The van der Waals surface area contributed by atoms with Crippen molar-refractivity contribution in [1.29, 1.82) is 0 Å². The maximum Gasteiger partial charge on any atom is 0.335 e. The molecule has 1 saturated heterocycles. The summed E-state index contributed by atoms with van der Waals surface area (Å²) in [6.07, 6.45) is 6.76. The van der Waals surface area contributed by atoms with Crippen LogP contribution in [0.1, 0.15) is 43.0 Å². The van der Waals surface area contributed by atoms with Crippen LogP contribution in [-0.4, -0.2) is 51.5 Å². The van der Waals surface area contributed by atoms with E-state index in [0.717, 1.165) is 65.7 Å². The van der Waals surface area contributed by atoms with Crippen molar-refractivity contribution in [3.63, 3.8) is 0 Å². The Kier molecular flexibility index (Phi) is 6.60. The number of ether oxygens (including phenoxy) is 1. The first-order valence-electron chi connectivity index (χ1n) is 11.8. The molecule has 1 aliphatic heterocycles. The average Bonchev–Trinajstić information content (AvgIpc) is 3.45. The number of anilines is 1. The third-order valence-electron chi connectivity index (χ3n) is 6.24.